The van der Waals surface area contributed by atoms with Crippen LogP contribution >= 0.6 is 0 Å². The van der Waals surface area contributed by atoms with Crippen molar-refractivity contribution in [3.8, 4) is 0 Å². The monoisotopic (exact) mass is 214 g/mol. The lowest BCUT2D eigenvalue weighted by Crippen LogP contribution is -2.38. The molecule has 0 atom stereocenters. The fourth-order valence-electron chi connectivity index (χ4n) is 1.30. The van der Waals surface area contributed by atoms with Gasteiger partial charge >= 0.3 is 0 Å². The number of unbranched alkanes of at least 4 members (excludes halogenated alkanes) is 1. The molecule has 4 nitrogen and oxygen atoms in total. The van der Waals surface area contributed by atoms with Crippen molar-refractivity contribution in [1.82, 2.24) is 10.2 Å². The first-order valence-electron chi connectivity index (χ1n) is 5.64. The Morgan fingerprint density at radius 3 is 2.33 bits per heavy atom. The van der Waals surface area contributed by atoms with Gasteiger partial charge in [-0.2, -0.15) is 0 Å². The average molecular weight is 214 g/mol. The van der Waals surface area contributed by atoms with Gasteiger partial charge in [-0.15, -0.1) is 0 Å². The summed E-state index contributed by atoms with van der Waals surface area (Å²) in [5.41, 5.74) is 0. The highest BCUT2D eigenvalue weighted by Crippen LogP contribution is 1.97. The number of rotatable bonds is 7. The third-order valence-corrected chi connectivity index (χ3v) is 2.19. The largest absolute Gasteiger partial charge is 0.355 e. The molecule has 0 aliphatic carbocycles. The molecule has 0 saturated carbocycles. The Morgan fingerprint density at radius 2 is 1.87 bits per heavy atom. The van der Waals surface area contributed by atoms with Gasteiger partial charge in [-0.05, 0) is 6.42 Å². The van der Waals surface area contributed by atoms with Gasteiger partial charge in [0.05, 0.1) is 0 Å². The lowest BCUT2D eigenvalue weighted by atomic mass is 10.3. The summed E-state index contributed by atoms with van der Waals surface area (Å²) in [7, 11) is 0. The lowest BCUT2D eigenvalue weighted by molar-refractivity contribution is -0.131. The normalized spacial score (nSPS) is 9.80. The summed E-state index contributed by atoms with van der Waals surface area (Å²) in [6, 6.07) is 0. The molecular formula is C11H22N2O2. The minimum absolute atomic E-state index is 0.0469. The minimum atomic E-state index is -0.0469. The molecule has 0 saturated heterocycles. The van der Waals surface area contributed by atoms with Crippen molar-refractivity contribution in [3.63, 3.8) is 0 Å². The van der Waals surface area contributed by atoms with E-state index in [1.54, 1.807) is 0 Å². The highest BCUT2D eigenvalue weighted by atomic mass is 16.2. The summed E-state index contributed by atoms with van der Waals surface area (Å²) >= 11 is 0. The van der Waals surface area contributed by atoms with Gasteiger partial charge < -0.3 is 10.2 Å². The highest BCUT2D eigenvalue weighted by molar-refractivity contribution is 5.76. The van der Waals surface area contributed by atoms with Crippen molar-refractivity contribution in [3.05, 3.63) is 0 Å². The molecule has 0 fully saturated rings. The Hall–Kier alpha value is -1.06. The zero-order valence-corrected chi connectivity index (χ0v) is 10.0. The van der Waals surface area contributed by atoms with E-state index in [4.69, 9.17) is 0 Å². The van der Waals surface area contributed by atoms with Crippen molar-refractivity contribution in [2.45, 2.75) is 40.0 Å². The predicted octanol–water partition coefficient (Wildman–Crippen LogP) is 1.16. The number of carbonyl (C=O) groups is 2. The molecule has 0 unspecified atom stereocenters. The number of carbonyl (C=O) groups excluding carboxylic acids is 2. The molecule has 0 heterocycles. The first-order valence-corrected chi connectivity index (χ1v) is 5.64. The molecule has 88 valence electrons. The Kier molecular flexibility index (Phi) is 7.68. The van der Waals surface area contributed by atoms with Crippen LogP contribution in [-0.2, 0) is 9.59 Å². The van der Waals surface area contributed by atoms with Crippen LogP contribution in [0.3, 0.4) is 0 Å². The Bertz CT molecular complexity index is 205. The Morgan fingerprint density at radius 1 is 1.20 bits per heavy atom. The third-order valence-electron chi connectivity index (χ3n) is 2.19. The second-order valence-corrected chi connectivity index (χ2v) is 3.57. The minimum Gasteiger partial charge on any atom is -0.355 e. The summed E-state index contributed by atoms with van der Waals surface area (Å²) in [5, 5.41) is 2.70. The van der Waals surface area contributed by atoms with Crippen LogP contribution in [0.15, 0.2) is 0 Å². The van der Waals surface area contributed by atoms with E-state index in [9.17, 15) is 9.59 Å². The molecular weight excluding hydrogens is 192 g/mol. The molecule has 0 aromatic carbocycles. The second-order valence-electron chi connectivity index (χ2n) is 3.57. The molecule has 4 heteroatoms. The van der Waals surface area contributed by atoms with E-state index >= 15 is 0 Å². The van der Waals surface area contributed by atoms with Gasteiger partial charge in [-0.3, -0.25) is 9.59 Å². The summed E-state index contributed by atoms with van der Waals surface area (Å²) < 4.78 is 0. The number of hydrogen-bond donors (Lipinski definition) is 1. The fourth-order valence-corrected chi connectivity index (χ4v) is 1.30. The topological polar surface area (TPSA) is 49.4 Å². The van der Waals surface area contributed by atoms with Crippen molar-refractivity contribution in [2.75, 3.05) is 19.6 Å². The van der Waals surface area contributed by atoms with Gasteiger partial charge in [-0.25, -0.2) is 0 Å². The molecule has 2 amide bonds. The van der Waals surface area contributed by atoms with Gasteiger partial charge in [0, 0.05) is 33.0 Å². The van der Waals surface area contributed by atoms with Crippen LogP contribution in [0.5, 0.6) is 0 Å². The summed E-state index contributed by atoms with van der Waals surface area (Å²) in [6.45, 7) is 7.40. The maximum Gasteiger partial charge on any atom is 0.222 e. The van der Waals surface area contributed by atoms with E-state index < -0.39 is 0 Å². The fraction of sp³-hybridized carbons (Fsp3) is 0.818. The number of nitrogens with one attached hydrogen (secondary N) is 1. The van der Waals surface area contributed by atoms with Crippen LogP contribution < -0.4 is 5.32 Å². The number of nitrogens with zero attached hydrogens (tertiary/aromatic N) is 1. The van der Waals surface area contributed by atoms with Crippen molar-refractivity contribution in [2.24, 2.45) is 0 Å². The predicted molar refractivity (Wildman–Crippen MR) is 60.5 cm³/mol. The van der Waals surface area contributed by atoms with E-state index in [1.165, 1.54) is 6.92 Å². The SMILES string of the molecule is CCCCN(CCNC(C)=O)C(=O)CC. The Labute approximate surface area is 92.0 Å². The molecule has 1 N–H and O–H groups in total. The van der Waals surface area contributed by atoms with E-state index in [2.05, 4.69) is 12.2 Å². The van der Waals surface area contributed by atoms with Crippen LogP contribution in [0.4, 0.5) is 0 Å². The molecule has 0 radical (unpaired) electrons. The number of hydrogen-bond acceptors (Lipinski definition) is 2. The highest BCUT2D eigenvalue weighted by Gasteiger charge is 2.09. The molecule has 0 aromatic rings. The summed E-state index contributed by atoms with van der Waals surface area (Å²) in [5.74, 6) is 0.114. The maximum atomic E-state index is 11.5. The smallest absolute Gasteiger partial charge is 0.222 e. The lowest BCUT2D eigenvalue weighted by Gasteiger charge is -2.21. The van der Waals surface area contributed by atoms with E-state index in [-0.39, 0.29) is 11.8 Å². The molecule has 0 aromatic heterocycles. The van der Waals surface area contributed by atoms with Gasteiger partial charge in [-0.1, -0.05) is 20.3 Å². The van der Waals surface area contributed by atoms with Gasteiger partial charge in [0.2, 0.25) is 11.8 Å². The molecule has 0 rings (SSSR count). The first-order chi connectivity index (χ1) is 7.11. The molecule has 0 bridgehead atoms. The van der Waals surface area contributed by atoms with Crippen molar-refractivity contribution in [1.29, 1.82) is 0 Å². The average Bonchev–Trinajstić information content (AvgIpc) is 2.21. The van der Waals surface area contributed by atoms with Crippen LogP contribution in [-0.4, -0.2) is 36.3 Å². The quantitative estimate of drug-likeness (QED) is 0.691. The zero-order valence-electron chi connectivity index (χ0n) is 10.0. The van der Waals surface area contributed by atoms with Crippen LogP contribution in [0, 0.1) is 0 Å². The summed E-state index contributed by atoms with van der Waals surface area (Å²) in [4.78, 5) is 24.0. The number of amides is 2. The van der Waals surface area contributed by atoms with Crippen molar-refractivity contribution >= 4 is 11.8 Å². The van der Waals surface area contributed by atoms with Gasteiger partial charge in [0.1, 0.15) is 0 Å². The van der Waals surface area contributed by atoms with E-state index in [0.29, 0.717) is 19.5 Å². The Balaban J connectivity index is 3.89. The molecule has 15 heavy (non-hydrogen) atoms. The molecule has 0 aliphatic heterocycles. The van der Waals surface area contributed by atoms with E-state index in [0.717, 1.165) is 19.4 Å². The standard InChI is InChI=1S/C11H22N2O2/c1-4-6-8-13(11(15)5-2)9-7-12-10(3)14/h4-9H2,1-3H3,(H,12,14). The second kappa shape index (κ2) is 8.26. The van der Waals surface area contributed by atoms with Crippen LogP contribution in [0.1, 0.15) is 40.0 Å². The first kappa shape index (κ1) is 13.9. The van der Waals surface area contributed by atoms with Crippen LogP contribution in [0.2, 0.25) is 0 Å². The molecule has 0 aliphatic rings. The van der Waals surface area contributed by atoms with Gasteiger partial charge in [0.15, 0.2) is 0 Å². The summed E-state index contributed by atoms with van der Waals surface area (Å²) in [6.07, 6.45) is 2.63. The van der Waals surface area contributed by atoms with E-state index in [1.807, 2.05) is 11.8 Å². The van der Waals surface area contributed by atoms with Crippen molar-refractivity contribution < 1.29 is 9.59 Å². The van der Waals surface area contributed by atoms with Gasteiger partial charge in [0.25, 0.3) is 0 Å². The van der Waals surface area contributed by atoms with Crippen LogP contribution in [0.25, 0.3) is 0 Å². The third kappa shape index (κ3) is 6.94. The molecule has 0 spiro atoms. The maximum absolute atomic E-state index is 11.5. The zero-order chi connectivity index (χ0) is 11.7.